The van der Waals surface area contributed by atoms with Crippen LogP contribution in [0.15, 0.2) is 4.99 Å². The number of carbonyl (C=O) groups is 1. The molecule has 5 atom stereocenters. The summed E-state index contributed by atoms with van der Waals surface area (Å²) in [7, 11) is 0. The van der Waals surface area contributed by atoms with Gasteiger partial charge in [-0.2, -0.15) is 0 Å². The molecule has 3 aliphatic rings. The Morgan fingerprint density at radius 2 is 2.40 bits per heavy atom. The predicted molar refractivity (Wildman–Crippen MR) is 52.2 cm³/mol. The van der Waals surface area contributed by atoms with Crippen molar-refractivity contribution >= 4 is 11.9 Å². The summed E-state index contributed by atoms with van der Waals surface area (Å²) in [4.78, 5) is 15.3. The molecule has 3 aliphatic heterocycles. The van der Waals surface area contributed by atoms with E-state index in [-0.39, 0.29) is 24.2 Å². The molecule has 0 amide bonds. The molecule has 2 saturated heterocycles. The molecule has 7 heteroatoms. The minimum atomic E-state index is -0.838. The number of aliphatic imine (C=N–C) groups is 1. The van der Waals surface area contributed by atoms with Crippen LogP contribution in [0.25, 0.3) is 0 Å². The van der Waals surface area contributed by atoms with Gasteiger partial charge in [0.2, 0.25) is 0 Å². The molecule has 0 bridgehead atoms. The van der Waals surface area contributed by atoms with Gasteiger partial charge in [0.15, 0.2) is 5.96 Å². The quantitative estimate of drug-likeness (QED) is 0.321. The molecule has 7 nitrogen and oxygen atoms in total. The summed E-state index contributed by atoms with van der Waals surface area (Å²) in [6.45, 7) is 0.744. The zero-order valence-corrected chi connectivity index (χ0v) is 7.97. The van der Waals surface area contributed by atoms with Crippen molar-refractivity contribution in [2.24, 2.45) is 16.6 Å². The molecule has 0 aromatic heterocycles. The number of guanidine groups is 1. The molecule has 15 heavy (non-hydrogen) atoms. The van der Waals surface area contributed by atoms with Gasteiger partial charge in [-0.1, -0.05) is 0 Å². The molecule has 0 saturated carbocycles. The summed E-state index contributed by atoms with van der Waals surface area (Å²) in [5, 5.41) is 18.3. The lowest BCUT2D eigenvalue weighted by molar-refractivity contribution is -0.139. The largest absolute Gasteiger partial charge is 0.480 e. The highest BCUT2D eigenvalue weighted by Crippen LogP contribution is 2.31. The Hall–Kier alpha value is -1.34. The third-order valence-electron chi connectivity index (χ3n) is 3.40. The van der Waals surface area contributed by atoms with Crippen LogP contribution in [0.4, 0.5) is 0 Å². The predicted octanol–water partition coefficient (Wildman–Crippen LogP) is -2.76. The minimum Gasteiger partial charge on any atom is -0.480 e. The molecular weight excluding hydrogens is 198 g/mol. The van der Waals surface area contributed by atoms with Crippen LogP contribution in [-0.2, 0) is 4.79 Å². The second-order valence-corrected chi connectivity index (χ2v) is 4.20. The minimum absolute atomic E-state index is 0.0434. The average molecular weight is 211 g/mol. The van der Waals surface area contributed by atoms with Crippen LogP contribution in [0.5, 0.6) is 0 Å². The SMILES string of the molecule is NC1=N[C@@H]2NC[C@@H]3N[C@H](C(=O)O)[C@H](N1)[C@H]32. The standard InChI is InChI=1S/C8H13N5O2/c9-8-12-4-3-2(1-10-6(3)13-8)11-5(4)7(14)15/h2-6,10-11H,1H2,(H,14,15)(H3,9,12,13)/t2-,3-,4+,5-,6-/m0/s1. The summed E-state index contributed by atoms with van der Waals surface area (Å²) < 4.78 is 0. The smallest absolute Gasteiger partial charge is 0.322 e. The Labute approximate surface area is 86.1 Å². The van der Waals surface area contributed by atoms with Crippen LogP contribution in [-0.4, -0.2) is 47.9 Å². The van der Waals surface area contributed by atoms with E-state index in [1.165, 1.54) is 0 Å². The molecule has 3 heterocycles. The highest BCUT2D eigenvalue weighted by atomic mass is 16.4. The topological polar surface area (TPSA) is 112 Å². The van der Waals surface area contributed by atoms with E-state index in [0.29, 0.717) is 5.96 Å². The van der Waals surface area contributed by atoms with E-state index >= 15 is 0 Å². The van der Waals surface area contributed by atoms with Gasteiger partial charge in [0.05, 0.1) is 6.04 Å². The zero-order chi connectivity index (χ0) is 10.6. The molecule has 82 valence electrons. The first-order valence-corrected chi connectivity index (χ1v) is 4.99. The van der Waals surface area contributed by atoms with E-state index in [0.717, 1.165) is 6.54 Å². The Balaban J connectivity index is 1.94. The van der Waals surface area contributed by atoms with E-state index < -0.39 is 12.0 Å². The summed E-state index contributed by atoms with van der Waals surface area (Å²) in [5.74, 6) is -0.335. The zero-order valence-electron chi connectivity index (χ0n) is 7.97. The number of nitrogens with zero attached hydrogens (tertiary/aromatic N) is 1. The van der Waals surface area contributed by atoms with Crippen molar-refractivity contribution in [1.29, 1.82) is 0 Å². The second-order valence-electron chi connectivity index (χ2n) is 4.20. The summed E-state index contributed by atoms with van der Waals surface area (Å²) >= 11 is 0. The Bertz CT molecular complexity index is 344. The fourth-order valence-corrected chi connectivity index (χ4v) is 2.81. The van der Waals surface area contributed by atoms with E-state index in [2.05, 4.69) is 20.9 Å². The van der Waals surface area contributed by atoms with Gasteiger partial charge in [0, 0.05) is 18.5 Å². The van der Waals surface area contributed by atoms with Crippen LogP contribution < -0.4 is 21.7 Å². The third kappa shape index (κ3) is 1.13. The molecule has 0 radical (unpaired) electrons. The van der Waals surface area contributed by atoms with Crippen molar-refractivity contribution in [3.05, 3.63) is 0 Å². The van der Waals surface area contributed by atoms with E-state index in [9.17, 15) is 4.79 Å². The fourth-order valence-electron chi connectivity index (χ4n) is 2.81. The van der Waals surface area contributed by atoms with Crippen molar-refractivity contribution in [3.63, 3.8) is 0 Å². The summed E-state index contributed by atoms with van der Waals surface area (Å²) in [5.41, 5.74) is 5.62. The number of hydrogen-bond acceptors (Lipinski definition) is 6. The van der Waals surface area contributed by atoms with Gasteiger partial charge in [-0.25, -0.2) is 4.99 Å². The Morgan fingerprint density at radius 1 is 1.60 bits per heavy atom. The maximum absolute atomic E-state index is 11.0. The molecular formula is C8H13N5O2. The van der Waals surface area contributed by atoms with Crippen LogP contribution in [0.1, 0.15) is 0 Å². The number of nitrogens with one attached hydrogen (secondary N) is 3. The maximum atomic E-state index is 11.0. The molecule has 0 aliphatic carbocycles. The van der Waals surface area contributed by atoms with Gasteiger partial charge in [-0.3, -0.25) is 15.4 Å². The van der Waals surface area contributed by atoms with Gasteiger partial charge in [-0.05, 0) is 0 Å². The van der Waals surface area contributed by atoms with E-state index in [4.69, 9.17) is 10.8 Å². The van der Waals surface area contributed by atoms with Crippen molar-refractivity contribution in [2.45, 2.75) is 24.3 Å². The first-order valence-electron chi connectivity index (χ1n) is 4.99. The van der Waals surface area contributed by atoms with E-state index in [1.807, 2.05) is 0 Å². The number of nitrogens with two attached hydrogens (primary N) is 1. The highest BCUT2D eigenvalue weighted by Gasteiger charge is 2.54. The lowest BCUT2D eigenvalue weighted by Gasteiger charge is -2.30. The molecule has 0 aromatic carbocycles. The lowest BCUT2D eigenvalue weighted by atomic mass is 9.92. The normalized spacial score (nSPS) is 46.9. The fraction of sp³-hybridized carbons (Fsp3) is 0.750. The molecule has 6 N–H and O–H groups in total. The second kappa shape index (κ2) is 2.83. The molecule has 2 fully saturated rings. The molecule has 3 rings (SSSR count). The number of carboxylic acid groups (broad SMARTS) is 1. The average Bonchev–Trinajstić information content (AvgIpc) is 2.70. The number of hydrogen-bond donors (Lipinski definition) is 5. The van der Waals surface area contributed by atoms with Crippen LogP contribution in [0, 0.1) is 5.92 Å². The Kier molecular flexibility index (Phi) is 1.68. The van der Waals surface area contributed by atoms with Gasteiger partial charge in [0.25, 0.3) is 0 Å². The van der Waals surface area contributed by atoms with Crippen molar-refractivity contribution < 1.29 is 9.90 Å². The molecule has 0 unspecified atom stereocenters. The number of carboxylic acids is 1. The summed E-state index contributed by atoms with van der Waals surface area (Å²) in [6.07, 6.45) is -0.0434. The van der Waals surface area contributed by atoms with Gasteiger partial charge < -0.3 is 16.2 Å². The number of rotatable bonds is 1. The monoisotopic (exact) mass is 211 g/mol. The van der Waals surface area contributed by atoms with Crippen molar-refractivity contribution in [1.82, 2.24) is 16.0 Å². The molecule has 0 aromatic rings. The highest BCUT2D eigenvalue weighted by molar-refractivity contribution is 5.82. The van der Waals surface area contributed by atoms with Crippen LogP contribution in [0.3, 0.4) is 0 Å². The van der Waals surface area contributed by atoms with Gasteiger partial charge in [-0.15, -0.1) is 0 Å². The maximum Gasteiger partial charge on any atom is 0.322 e. The first-order chi connectivity index (χ1) is 7.16. The summed E-state index contributed by atoms with van der Waals surface area (Å²) in [6, 6.07) is -0.561. The first kappa shape index (κ1) is 8.93. The van der Waals surface area contributed by atoms with Crippen molar-refractivity contribution in [3.8, 4) is 0 Å². The van der Waals surface area contributed by atoms with Crippen LogP contribution >= 0.6 is 0 Å². The lowest BCUT2D eigenvalue weighted by Crippen LogP contribution is -2.58. The van der Waals surface area contributed by atoms with Gasteiger partial charge >= 0.3 is 5.97 Å². The molecule has 0 spiro atoms. The Morgan fingerprint density at radius 3 is 3.13 bits per heavy atom. The van der Waals surface area contributed by atoms with Gasteiger partial charge in [0.1, 0.15) is 12.2 Å². The number of aliphatic carboxylic acids is 1. The van der Waals surface area contributed by atoms with E-state index in [1.54, 1.807) is 0 Å². The van der Waals surface area contributed by atoms with Crippen LogP contribution in [0.2, 0.25) is 0 Å². The third-order valence-corrected chi connectivity index (χ3v) is 3.40. The van der Waals surface area contributed by atoms with Crippen molar-refractivity contribution in [2.75, 3.05) is 6.54 Å².